The fraction of sp³-hybridized carbons (Fsp3) is 0.833. The van der Waals surface area contributed by atoms with Crippen LogP contribution in [0.4, 0.5) is 0 Å². The van der Waals surface area contributed by atoms with Gasteiger partial charge in [-0.1, -0.05) is 0 Å². The molecule has 0 aromatic carbocycles. The summed E-state index contributed by atoms with van der Waals surface area (Å²) in [6.07, 6.45) is 1.19. The fourth-order valence-electron chi connectivity index (χ4n) is 1.04. The van der Waals surface area contributed by atoms with Gasteiger partial charge in [0.05, 0.1) is 6.42 Å². The summed E-state index contributed by atoms with van der Waals surface area (Å²) < 4.78 is 4.84. The van der Waals surface area contributed by atoms with Gasteiger partial charge in [-0.3, -0.25) is 4.79 Å². The molecule has 2 atom stereocenters. The lowest BCUT2D eigenvalue weighted by Gasteiger charge is -2.23. The van der Waals surface area contributed by atoms with Crippen LogP contribution >= 0.6 is 0 Å². The van der Waals surface area contributed by atoms with Crippen LogP contribution in [0.5, 0.6) is 0 Å². The lowest BCUT2D eigenvalue weighted by Crippen LogP contribution is -2.36. The standard InChI is InChI=1S/C6H11NO2/c1-4-2-5(7)3-6(8)9-4/h4-5H,2-3,7H2,1H3. The first-order valence-electron chi connectivity index (χ1n) is 3.13. The summed E-state index contributed by atoms with van der Waals surface area (Å²) in [5, 5.41) is 0. The van der Waals surface area contributed by atoms with Gasteiger partial charge in [-0.25, -0.2) is 0 Å². The molecule has 0 saturated carbocycles. The largest absolute Gasteiger partial charge is 0.463 e. The molecule has 1 heterocycles. The second kappa shape index (κ2) is 2.35. The number of carbonyl (C=O) groups excluding carboxylic acids is 1. The van der Waals surface area contributed by atoms with Crippen LogP contribution in [0, 0.1) is 0 Å². The Kier molecular flexibility index (Phi) is 1.71. The zero-order valence-corrected chi connectivity index (χ0v) is 5.46. The Balaban J connectivity index is 2.43. The Labute approximate surface area is 54.2 Å². The maximum absolute atomic E-state index is 10.6. The molecule has 1 fully saturated rings. The maximum Gasteiger partial charge on any atom is 0.307 e. The molecule has 0 aromatic heterocycles. The van der Waals surface area contributed by atoms with Crippen molar-refractivity contribution in [3.8, 4) is 0 Å². The molecule has 1 aliphatic heterocycles. The molecular formula is C6H11NO2. The minimum atomic E-state index is -0.166. The Morgan fingerprint density at radius 2 is 2.44 bits per heavy atom. The van der Waals surface area contributed by atoms with Crippen LogP contribution in [0.3, 0.4) is 0 Å². The van der Waals surface area contributed by atoms with Gasteiger partial charge in [-0.15, -0.1) is 0 Å². The van der Waals surface area contributed by atoms with E-state index in [1.807, 2.05) is 6.92 Å². The predicted octanol–water partition coefficient (Wildman–Crippen LogP) is 0.0392. The molecule has 2 unspecified atom stereocenters. The molecule has 3 heteroatoms. The van der Waals surface area contributed by atoms with E-state index in [1.165, 1.54) is 0 Å². The number of hydrogen-bond donors (Lipinski definition) is 1. The molecule has 1 saturated heterocycles. The average Bonchev–Trinajstić information content (AvgIpc) is 1.59. The smallest absolute Gasteiger partial charge is 0.307 e. The SMILES string of the molecule is CC1CC(N)CC(=O)O1. The maximum atomic E-state index is 10.6. The van der Waals surface area contributed by atoms with Crippen LogP contribution in [-0.4, -0.2) is 18.1 Å². The van der Waals surface area contributed by atoms with Gasteiger partial charge < -0.3 is 10.5 Å². The summed E-state index contributed by atoms with van der Waals surface area (Å²) >= 11 is 0. The number of carbonyl (C=O) groups is 1. The summed E-state index contributed by atoms with van der Waals surface area (Å²) in [4.78, 5) is 10.6. The molecule has 3 nitrogen and oxygen atoms in total. The van der Waals surface area contributed by atoms with E-state index in [1.54, 1.807) is 0 Å². The molecule has 0 aliphatic carbocycles. The van der Waals surface area contributed by atoms with Crippen molar-refractivity contribution in [1.82, 2.24) is 0 Å². The fourth-order valence-corrected chi connectivity index (χ4v) is 1.04. The van der Waals surface area contributed by atoms with Crippen molar-refractivity contribution in [3.05, 3.63) is 0 Å². The van der Waals surface area contributed by atoms with Gasteiger partial charge in [0.2, 0.25) is 0 Å². The zero-order chi connectivity index (χ0) is 6.85. The van der Waals surface area contributed by atoms with Crippen molar-refractivity contribution in [1.29, 1.82) is 0 Å². The average molecular weight is 129 g/mol. The van der Waals surface area contributed by atoms with E-state index in [0.717, 1.165) is 6.42 Å². The highest BCUT2D eigenvalue weighted by Crippen LogP contribution is 2.11. The van der Waals surface area contributed by atoms with Crippen LogP contribution in [0.25, 0.3) is 0 Å². The number of esters is 1. The van der Waals surface area contributed by atoms with Crippen molar-refractivity contribution in [3.63, 3.8) is 0 Å². The summed E-state index contributed by atoms with van der Waals surface area (Å²) in [5.41, 5.74) is 5.51. The first-order valence-corrected chi connectivity index (χ1v) is 3.13. The topological polar surface area (TPSA) is 52.3 Å². The number of nitrogens with two attached hydrogens (primary N) is 1. The van der Waals surface area contributed by atoms with Gasteiger partial charge in [-0.05, 0) is 13.3 Å². The molecule has 1 rings (SSSR count). The summed E-state index contributed by atoms with van der Waals surface area (Å²) in [6, 6.07) is 0.0150. The van der Waals surface area contributed by atoms with Gasteiger partial charge in [0.1, 0.15) is 6.10 Å². The van der Waals surface area contributed by atoms with Gasteiger partial charge >= 0.3 is 5.97 Å². The number of rotatable bonds is 0. The Bertz CT molecular complexity index is 112. The molecule has 52 valence electrons. The van der Waals surface area contributed by atoms with Gasteiger partial charge in [0.15, 0.2) is 0 Å². The monoisotopic (exact) mass is 129 g/mol. The minimum Gasteiger partial charge on any atom is -0.463 e. The van der Waals surface area contributed by atoms with Gasteiger partial charge in [-0.2, -0.15) is 0 Å². The van der Waals surface area contributed by atoms with Crippen LogP contribution in [0.1, 0.15) is 19.8 Å². The van der Waals surface area contributed by atoms with E-state index in [2.05, 4.69) is 0 Å². The van der Waals surface area contributed by atoms with Crippen LogP contribution in [0.15, 0.2) is 0 Å². The summed E-state index contributed by atoms with van der Waals surface area (Å²) in [5.74, 6) is -0.166. The molecule has 0 radical (unpaired) electrons. The van der Waals surface area contributed by atoms with E-state index in [-0.39, 0.29) is 18.1 Å². The quantitative estimate of drug-likeness (QED) is 0.470. The van der Waals surface area contributed by atoms with Crippen molar-refractivity contribution in [2.24, 2.45) is 5.73 Å². The van der Waals surface area contributed by atoms with E-state index in [9.17, 15) is 4.79 Å². The third kappa shape index (κ3) is 1.68. The molecular weight excluding hydrogens is 118 g/mol. The second-order valence-corrected chi connectivity index (χ2v) is 2.50. The van der Waals surface area contributed by atoms with Crippen molar-refractivity contribution < 1.29 is 9.53 Å². The Morgan fingerprint density at radius 1 is 1.78 bits per heavy atom. The second-order valence-electron chi connectivity index (χ2n) is 2.50. The third-order valence-corrected chi connectivity index (χ3v) is 1.40. The number of hydrogen-bond acceptors (Lipinski definition) is 3. The highest BCUT2D eigenvalue weighted by atomic mass is 16.5. The molecule has 0 spiro atoms. The predicted molar refractivity (Wildman–Crippen MR) is 32.8 cm³/mol. The summed E-state index contributed by atoms with van der Waals surface area (Å²) in [6.45, 7) is 1.86. The zero-order valence-electron chi connectivity index (χ0n) is 5.46. The van der Waals surface area contributed by atoms with E-state index >= 15 is 0 Å². The Morgan fingerprint density at radius 3 is 2.89 bits per heavy atom. The van der Waals surface area contributed by atoms with E-state index < -0.39 is 0 Å². The number of cyclic esters (lactones) is 1. The van der Waals surface area contributed by atoms with Gasteiger partial charge in [0.25, 0.3) is 0 Å². The molecule has 0 amide bonds. The lowest BCUT2D eigenvalue weighted by molar-refractivity contribution is -0.153. The molecule has 2 N–H and O–H groups in total. The minimum absolute atomic E-state index is 0.0150. The van der Waals surface area contributed by atoms with Crippen molar-refractivity contribution >= 4 is 5.97 Å². The highest BCUT2D eigenvalue weighted by Gasteiger charge is 2.22. The van der Waals surface area contributed by atoms with E-state index in [0.29, 0.717) is 6.42 Å². The van der Waals surface area contributed by atoms with Crippen molar-refractivity contribution in [2.75, 3.05) is 0 Å². The molecule has 0 bridgehead atoms. The molecule has 9 heavy (non-hydrogen) atoms. The number of ether oxygens (including phenoxy) is 1. The van der Waals surface area contributed by atoms with Crippen LogP contribution in [-0.2, 0) is 9.53 Å². The highest BCUT2D eigenvalue weighted by molar-refractivity contribution is 5.71. The first-order chi connectivity index (χ1) is 4.18. The van der Waals surface area contributed by atoms with Gasteiger partial charge in [0, 0.05) is 6.04 Å². The lowest BCUT2D eigenvalue weighted by atomic mass is 10.1. The Hall–Kier alpha value is -0.570. The third-order valence-electron chi connectivity index (χ3n) is 1.40. The molecule has 1 aliphatic rings. The normalized spacial score (nSPS) is 36.0. The van der Waals surface area contributed by atoms with Crippen LogP contribution in [0.2, 0.25) is 0 Å². The summed E-state index contributed by atoms with van der Waals surface area (Å²) in [7, 11) is 0. The first kappa shape index (κ1) is 6.55. The van der Waals surface area contributed by atoms with Crippen molar-refractivity contribution in [2.45, 2.75) is 31.9 Å². The molecule has 0 aromatic rings. The van der Waals surface area contributed by atoms with E-state index in [4.69, 9.17) is 10.5 Å². The van der Waals surface area contributed by atoms with Crippen LogP contribution < -0.4 is 5.73 Å².